The molecule has 0 bridgehead atoms. The van der Waals surface area contributed by atoms with Crippen molar-refractivity contribution in [1.29, 1.82) is 0 Å². The Balaban J connectivity index is 1.54. The SMILES string of the molecule is C1=NC=NC(OC2CCCCC2)C2C=1SC1CCCC12. The van der Waals surface area contributed by atoms with E-state index in [0.29, 0.717) is 12.0 Å². The number of aliphatic imine (C=N–C) groups is 2. The number of ether oxygens (including phenoxy) is 1. The maximum atomic E-state index is 6.40. The lowest BCUT2D eigenvalue weighted by Crippen LogP contribution is -2.32. The van der Waals surface area contributed by atoms with Gasteiger partial charge in [-0.1, -0.05) is 25.7 Å². The van der Waals surface area contributed by atoms with Gasteiger partial charge in [-0.25, -0.2) is 4.99 Å². The summed E-state index contributed by atoms with van der Waals surface area (Å²) < 4.78 is 6.40. The van der Waals surface area contributed by atoms with Crippen molar-refractivity contribution in [2.45, 2.75) is 68.9 Å². The van der Waals surface area contributed by atoms with Crippen LogP contribution in [-0.4, -0.2) is 29.8 Å². The molecule has 4 atom stereocenters. The van der Waals surface area contributed by atoms with Gasteiger partial charge in [-0.05, 0) is 37.5 Å². The van der Waals surface area contributed by atoms with Crippen LogP contribution in [0.3, 0.4) is 0 Å². The lowest BCUT2D eigenvalue weighted by molar-refractivity contribution is -0.0520. The molecule has 20 heavy (non-hydrogen) atoms. The van der Waals surface area contributed by atoms with Gasteiger partial charge in [-0.15, -0.1) is 11.8 Å². The van der Waals surface area contributed by atoms with Crippen LogP contribution in [0.4, 0.5) is 0 Å². The van der Waals surface area contributed by atoms with Crippen molar-refractivity contribution >= 4 is 24.0 Å². The topological polar surface area (TPSA) is 34.0 Å². The van der Waals surface area contributed by atoms with Crippen molar-refractivity contribution in [3.63, 3.8) is 0 Å². The lowest BCUT2D eigenvalue weighted by atomic mass is 9.89. The molecule has 4 unspecified atom stereocenters. The predicted molar refractivity (Wildman–Crippen MR) is 83.4 cm³/mol. The summed E-state index contributed by atoms with van der Waals surface area (Å²) in [5, 5.41) is 0.767. The van der Waals surface area contributed by atoms with E-state index in [1.165, 1.54) is 56.3 Å². The Bertz CT molecular complexity index is 463. The van der Waals surface area contributed by atoms with E-state index < -0.39 is 0 Å². The number of hydrogen-bond acceptors (Lipinski definition) is 4. The molecule has 0 amide bonds. The quantitative estimate of drug-likeness (QED) is 0.775. The zero-order valence-corrected chi connectivity index (χ0v) is 12.6. The molecule has 108 valence electrons. The van der Waals surface area contributed by atoms with E-state index in [2.05, 4.69) is 15.9 Å². The molecule has 4 rings (SSSR count). The fourth-order valence-corrected chi connectivity index (χ4v) is 5.84. The van der Waals surface area contributed by atoms with Crippen molar-refractivity contribution in [1.82, 2.24) is 0 Å². The van der Waals surface area contributed by atoms with E-state index in [9.17, 15) is 0 Å². The minimum atomic E-state index is -0.00699. The van der Waals surface area contributed by atoms with Crippen LogP contribution in [0, 0.1) is 11.8 Å². The Hall–Kier alpha value is -0.570. The summed E-state index contributed by atoms with van der Waals surface area (Å²) in [6, 6.07) is 0. The van der Waals surface area contributed by atoms with Gasteiger partial charge in [0, 0.05) is 11.2 Å². The molecule has 3 fully saturated rings. The molecule has 0 spiro atoms. The molecule has 0 aromatic heterocycles. The van der Waals surface area contributed by atoms with Crippen molar-refractivity contribution in [2.24, 2.45) is 21.8 Å². The molecule has 0 aromatic carbocycles. The largest absolute Gasteiger partial charge is 0.353 e. The van der Waals surface area contributed by atoms with Crippen LogP contribution in [0.15, 0.2) is 14.9 Å². The molecule has 1 saturated heterocycles. The Labute approximate surface area is 125 Å². The van der Waals surface area contributed by atoms with Crippen LogP contribution in [0.5, 0.6) is 0 Å². The van der Waals surface area contributed by atoms with E-state index in [0.717, 1.165) is 11.2 Å². The maximum absolute atomic E-state index is 6.40. The first-order valence-electron chi connectivity index (χ1n) is 8.08. The molecular weight excluding hydrogens is 268 g/mol. The molecule has 4 heteroatoms. The number of fused-ring (bicyclic) bond motifs is 3. The first-order valence-corrected chi connectivity index (χ1v) is 8.96. The van der Waals surface area contributed by atoms with Crippen LogP contribution >= 0.6 is 11.8 Å². The lowest BCUT2D eigenvalue weighted by Gasteiger charge is -2.30. The third-order valence-corrected chi connectivity index (χ3v) is 6.69. The zero-order chi connectivity index (χ0) is 13.4. The molecule has 2 aliphatic carbocycles. The van der Waals surface area contributed by atoms with E-state index in [4.69, 9.17) is 4.74 Å². The average Bonchev–Trinajstić information content (AvgIpc) is 2.99. The molecule has 0 aromatic rings. The van der Waals surface area contributed by atoms with Crippen LogP contribution in [0.1, 0.15) is 51.4 Å². The number of hydrogen-bond donors (Lipinski definition) is 0. The molecule has 0 N–H and O–H groups in total. The van der Waals surface area contributed by atoms with Gasteiger partial charge in [0.05, 0.1) is 11.0 Å². The standard InChI is InChI=1S/C16H22N2OS/c1-2-5-11(6-3-1)19-16-15-12-7-4-8-13(12)20-14(15)9-17-10-18-16/h10-13,15-16H,1-8H2. The molecule has 4 aliphatic rings. The summed E-state index contributed by atoms with van der Waals surface area (Å²) in [6.45, 7) is 0. The second-order valence-corrected chi connectivity index (χ2v) is 7.71. The Kier molecular flexibility index (Phi) is 3.72. The molecule has 3 nitrogen and oxygen atoms in total. The highest BCUT2D eigenvalue weighted by molar-refractivity contribution is 8.04. The Morgan fingerprint density at radius 2 is 2.00 bits per heavy atom. The van der Waals surface area contributed by atoms with E-state index in [1.54, 1.807) is 6.34 Å². The summed E-state index contributed by atoms with van der Waals surface area (Å²) in [5.41, 5.74) is 0. The van der Waals surface area contributed by atoms with Gasteiger partial charge in [0.2, 0.25) is 0 Å². The highest BCUT2D eigenvalue weighted by Crippen LogP contribution is 2.54. The molecule has 2 heterocycles. The van der Waals surface area contributed by atoms with Crippen molar-refractivity contribution in [3.8, 4) is 0 Å². The fourth-order valence-electron chi connectivity index (χ4n) is 4.19. The second-order valence-electron chi connectivity index (χ2n) is 6.43. The van der Waals surface area contributed by atoms with Gasteiger partial charge in [0.1, 0.15) is 6.34 Å². The second kappa shape index (κ2) is 5.67. The normalized spacial score (nSPS) is 40.3. The molecule has 2 aliphatic heterocycles. The van der Waals surface area contributed by atoms with E-state index in [-0.39, 0.29) is 6.23 Å². The van der Waals surface area contributed by atoms with E-state index >= 15 is 0 Å². The third-order valence-electron chi connectivity index (χ3n) is 5.18. The molecule has 0 radical (unpaired) electrons. The number of thioether (sulfide) groups is 1. The molecular formula is C16H22N2OS. The fraction of sp³-hybridized carbons (Fsp3) is 0.812. The van der Waals surface area contributed by atoms with E-state index in [1.807, 2.05) is 11.8 Å². The number of nitrogens with zero attached hydrogens (tertiary/aromatic N) is 2. The first-order chi connectivity index (χ1) is 9.92. The number of rotatable bonds is 2. The maximum Gasteiger partial charge on any atom is 0.158 e. The van der Waals surface area contributed by atoms with Crippen LogP contribution < -0.4 is 0 Å². The summed E-state index contributed by atoms with van der Waals surface area (Å²) >= 11 is 2.00. The molecule has 2 saturated carbocycles. The van der Waals surface area contributed by atoms with Gasteiger partial charge in [-0.2, -0.15) is 4.99 Å². The summed E-state index contributed by atoms with van der Waals surface area (Å²) in [5.74, 6) is 4.38. The predicted octanol–water partition coefficient (Wildman–Crippen LogP) is 3.79. The van der Waals surface area contributed by atoms with Gasteiger partial charge in [0.15, 0.2) is 6.23 Å². The summed E-state index contributed by atoms with van der Waals surface area (Å²) in [6.07, 6.45) is 12.5. The van der Waals surface area contributed by atoms with Gasteiger partial charge in [0.25, 0.3) is 0 Å². The Morgan fingerprint density at radius 3 is 2.90 bits per heavy atom. The van der Waals surface area contributed by atoms with Gasteiger partial charge in [-0.3, -0.25) is 0 Å². The highest BCUT2D eigenvalue weighted by atomic mass is 32.2. The van der Waals surface area contributed by atoms with Crippen LogP contribution in [0.25, 0.3) is 0 Å². The first kappa shape index (κ1) is 13.1. The Morgan fingerprint density at radius 1 is 1.10 bits per heavy atom. The minimum Gasteiger partial charge on any atom is -0.353 e. The smallest absolute Gasteiger partial charge is 0.158 e. The third kappa shape index (κ3) is 2.38. The average molecular weight is 290 g/mol. The monoisotopic (exact) mass is 290 g/mol. The van der Waals surface area contributed by atoms with Gasteiger partial charge < -0.3 is 4.74 Å². The van der Waals surface area contributed by atoms with Crippen LogP contribution in [0.2, 0.25) is 0 Å². The van der Waals surface area contributed by atoms with Gasteiger partial charge >= 0.3 is 0 Å². The summed E-state index contributed by atoms with van der Waals surface area (Å²) in [7, 11) is 0. The van der Waals surface area contributed by atoms with Crippen LogP contribution in [-0.2, 0) is 4.74 Å². The van der Waals surface area contributed by atoms with Crippen molar-refractivity contribution < 1.29 is 4.74 Å². The minimum absolute atomic E-state index is 0.00699. The van der Waals surface area contributed by atoms with Crippen molar-refractivity contribution in [3.05, 3.63) is 4.91 Å². The van der Waals surface area contributed by atoms with Crippen molar-refractivity contribution in [2.75, 3.05) is 0 Å². The summed E-state index contributed by atoms with van der Waals surface area (Å²) in [4.78, 5) is 10.1. The zero-order valence-electron chi connectivity index (χ0n) is 11.8. The highest BCUT2D eigenvalue weighted by Gasteiger charge is 2.48.